The molecule has 112 valence electrons. The molecule has 0 heterocycles. The van der Waals surface area contributed by atoms with Crippen molar-refractivity contribution in [2.24, 2.45) is 0 Å². The molecule has 0 aromatic heterocycles. The first-order chi connectivity index (χ1) is 9.90. The van der Waals surface area contributed by atoms with Crippen molar-refractivity contribution in [2.75, 3.05) is 13.7 Å². The molecule has 0 spiro atoms. The van der Waals surface area contributed by atoms with Crippen LogP contribution in [0.1, 0.15) is 23.2 Å². The molecule has 1 saturated carbocycles. The van der Waals surface area contributed by atoms with Crippen LogP contribution < -0.4 is 4.74 Å². The number of carbonyl (C=O) groups excluding carboxylic acids is 1. The zero-order chi connectivity index (χ0) is 15.6. The van der Waals surface area contributed by atoms with E-state index in [0.29, 0.717) is 0 Å². The zero-order valence-corrected chi connectivity index (χ0v) is 11.3. The predicted octanol–water partition coefficient (Wildman–Crippen LogP) is 1.29. The first-order valence-electron chi connectivity index (χ1n) is 6.30. The molecule has 0 unspecified atom stereocenters. The lowest BCUT2D eigenvalue weighted by atomic mass is 10.2. The predicted molar refractivity (Wildman–Crippen MR) is 71.3 cm³/mol. The Labute approximate surface area is 120 Å². The molecule has 0 bridgehead atoms. The molecule has 8 nitrogen and oxygen atoms in total. The minimum Gasteiger partial charge on any atom is -0.483 e. The van der Waals surface area contributed by atoms with E-state index in [4.69, 9.17) is 9.84 Å². The van der Waals surface area contributed by atoms with E-state index in [2.05, 4.69) is 0 Å². The van der Waals surface area contributed by atoms with Crippen molar-refractivity contribution in [3.8, 4) is 5.75 Å². The topological polar surface area (TPSA) is 110 Å². The van der Waals surface area contributed by atoms with Gasteiger partial charge < -0.3 is 14.7 Å². The SMILES string of the molecule is CN(C(=O)COc1ccc([N+](=O)[O-])cc1C(=O)O)C1CC1. The maximum Gasteiger partial charge on any atom is 0.339 e. The first-order valence-corrected chi connectivity index (χ1v) is 6.30. The number of nitrogens with zero attached hydrogens (tertiary/aromatic N) is 2. The fourth-order valence-corrected chi connectivity index (χ4v) is 1.83. The minimum atomic E-state index is -1.35. The third-order valence-electron chi connectivity index (χ3n) is 3.24. The van der Waals surface area contributed by atoms with Gasteiger partial charge in [0.2, 0.25) is 0 Å². The lowest BCUT2D eigenvalue weighted by Crippen LogP contribution is -2.33. The van der Waals surface area contributed by atoms with Crippen molar-refractivity contribution in [3.63, 3.8) is 0 Å². The number of rotatable bonds is 6. The van der Waals surface area contributed by atoms with Crippen LogP contribution in [-0.2, 0) is 4.79 Å². The van der Waals surface area contributed by atoms with Gasteiger partial charge >= 0.3 is 5.97 Å². The molecule has 0 radical (unpaired) electrons. The normalized spacial score (nSPS) is 13.6. The number of carboxylic acid groups (broad SMARTS) is 1. The summed E-state index contributed by atoms with van der Waals surface area (Å²) in [6.45, 7) is -0.301. The fraction of sp³-hybridized carbons (Fsp3) is 0.385. The Morgan fingerprint density at radius 1 is 1.48 bits per heavy atom. The molecule has 1 fully saturated rings. The number of nitro groups is 1. The molecule has 1 aromatic rings. The van der Waals surface area contributed by atoms with E-state index < -0.39 is 10.9 Å². The van der Waals surface area contributed by atoms with Gasteiger partial charge in [0.05, 0.1) is 4.92 Å². The van der Waals surface area contributed by atoms with Crippen molar-refractivity contribution in [1.29, 1.82) is 0 Å². The Kier molecular flexibility index (Phi) is 4.06. The van der Waals surface area contributed by atoms with E-state index >= 15 is 0 Å². The van der Waals surface area contributed by atoms with E-state index in [-0.39, 0.29) is 35.6 Å². The van der Waals surface area contributed by atoms with Gasteiger partial charge in [-0.1, -0.05) is 0 Å². The summed E-state index contributed by atoms with van der Waals surface area (Å²) in [6, 6.07) is 3.46. The average Bonchev–Trinajstić information content (AvgIpc) is 3.27. The van der Waals surface area contributed by atoms with Crippen LogP contribution in [0.3, 0.4) is 0 Å². The molecule has 2 rings (SSSR count). The highest BCUT2D eigenvalue weighted by Crippen LogP contribution is 2.26. The van der Waals surface area contributed by atoms with Crippen LogP contribution in [0.4, 0.5) is 5.69 Å². The summed E-state index contributed by atoms with van der Waals surface area (Å²) in [6.07, 6.45) is 1.92. The van der Waals surface area contributed by atoms with Crippen LogP contribution in [-0.4, -0.2) is 46.5 Å². The van der Waals surface area contributed by atoms with Crippen LogP contribution >= 0.6 is 0 Å². The van der Waals surface area contributed by atoms with E-state index in [1.54, 1.807) is 11.9 Å². The number of hydrogen-bond donors (Lipinski definition) is 1. The molecule has 0 atom stereocenters. The molecule has 1 amide bonds. The second-order valence-electron chi connectivity index (χ2n) is 4.77. The van der Waals surface area contributed by atoms with Gasteiger partial charge in [-0.15, -0.1) is 0 Å². The van der Waals surface area contributed by atoms with E-state index in [0.717, 1.165) is 25.0 Å². The van der Waals surface area contributed by atoms with Crippen LogP contribution in [0.25, 0.3) is 0 Å². The van der Waals surface area contributed by atoms with Crippen LogP contribution in [0.15, 0.2) is 18.2 Å². The number of benzene rings is 1. The van der Waals surface area contributed by atoms with Crippen LogP contribution in [0, 0.1) is 10.1 Å². The first kappa shape index (κ1) is 14.8. The van der Waals surface area contributed by atoms with Crippen molar-refractivity contribution in [1.82, 2.24) is 4.90 Å². The molecule has 8 heteroatoms. The highest BCUT2D eigenvalue weighted by Gasteiger charge is 2.29. The second kappa shape index (κ2) is 5.78. The summed E-state index contributed by atoms with van der Waals surface area (Å²) < 4.78 is 5.20. The Morgan fingerprint density at radius 3 is 2.67 bits per heavy atom. The maximum atomic E-state index is 11.8. The quantitative estimate of drug-likeness (QED) is 0.625. The van der Waals surface area contributed by atoms with Crippen molar-refractivity contribution < 1.29 is 24.4 Å². The summed E-state index contributed by atoms with van der Waals surface area (Å²) in [4.78, 5) is 34.4. The van der Waals surface area contributed by atoms with Gasteiger partial charge in [0, 0.05) is 25.2 Å². The van der Waals surface area contributed by atoms with Gasteiger partial charge in [-0.2, -0.15) is 0 Å². The van der Waals surface area contributed by atoms with E-state index in [1.807, 2.05) is 0 Å². The van der Waals surface area contributed by atoms with Gasteiger partial charge in [0.25, 0.3) is 11.6 Å². The van der Waals surface area contributed by atoms with Crippen molar-refractivity contribution in [2.45, 2.75) is 18.9 Å². The number of carboxylic acids is 1. The number of likely N-dealkylation sites (N-methyl/N-ethyl adjacent to an activating group) is 1. The molecular weight excluding hydrogens is 280 g/mol. The standard InChI is InChI=1S/C13H14N2O6/c1-14(8-2-3-8)12(16)7-21-11-5-4-9(15(19)20)6-10(11)13(17)18/h4-6,8H,2-3,7H2,1H3,(H,17,18). The molecule has 1 aromatic carbocycles. The Hall–Kier alpha value is -2.64. The smallest absolute Gasteiger partial charge is 0.339 e. The number of ether oxygens (including phenoxy) is 1. The largest absolute Gasteiger partial charge is 0.483 e. The molecular formula is C13H14N2O6. The molecule has 0 saturated heterocycles. The number of amides is 1. The van der Waals surface area contributed by atoms with Crippen LogP contribution in [0.5, 0.6) is 5.75 Å². The highest BCUT2D eigenvalue weighted by molar-refractivity contribution is 5.92. The van der Waals surface area contributed by atoms with Gasteiger partial charge in [-0.05, 0) is 18.9 Å². The minimum absolute atomic E-state index is 0.0642. The van der Waals surface area contributed by atoms with Gasteiger partial charge in [-0.25, -0.2) is 4.79 Å². The Bertz CT molecular complexity index is 596. The average molecular weight is 294 g/mol. The highest BCUT2D eigenvalue weighted by atomic mass is 16.6. The number of nitro benzene ring substituents is 1. The van der Waals surface area contributed by atoms with E-state index in [1.165, 1.54) is 6.07 Å². The zero-order valence-electron chi connectivity index (χ0n) is 11.3. The van der Waals surface area contributed by atoms with E-state index in [9.17, 15) is 19.7 Å². The second-order valence-corrected chi connectivity index (χ2v) is 4.77. The third-order valence-corrected chi connectivity index (χ3v) is 3.24. The number of aromatic carboxylic acids is 1. The maximum absolute atomic E-state index is 11.8. The number of hydrogen-bond acceptors (Lipinski definition) is 5. The number of carbonyl (C=O) groups is 2. The monoisotopic (exact) mass is 294 g/mol. The van der Waals surface area contributed by atoms with Crippen molar-refractivity contribution >= 4 is 17.6 Å². The lowest BCUT2D eigenvalue weighted by molar-refractivity contribution is -0.384. The van der Waals surface area contributed by atoms with Gasteiger partial charge in [0.15, 0.2) is 6.61 Å². The molecule has 1 aliphatic rings. The van der Waals surface area contributed by atoms with Crippen molar-refractivity contribution in [3.05, 3.63) is 33.9 Å². The summed E-state index contributed by atoms with van der Waals surface area (Å²) in [5, 5.41) is 19.7. The summed E-state index contributed by atoms with van der Waals surface area (Å²) in [5.41, 5.74) is -0.688. The lowest BCUT2D eigenvalue weighted by Gasteiger charge is -2.17. The Morgan fingerprint density at radius 2 is 2.14 bits per heavy atom. The molecule has 1 N–H and O–H groups in total. The van der Waals surface area contributed by atoms with Crippen LogP contribution in [0.2, 0.25) is 0 Å². The van der Waals surface area contributed by atoms with Gasteiger partial charge in [0.1, 0.15) is 11.3 Å². The Balaban J connectivity index is 2.09. The molecule has 0 aliphatic heterocycles. The molecule has 1 aliphatic carbocycles. The third kappa shape index (κ3) is 3.47. The van der Waals surface area contributed by atoms with Gasteiger partial charge in [-0.3, -0.25) is 14.9 Å². The fourth-order valence-electron chi connectivity index (χ4n) is 1.83. The number of non-ortho nitro benzene ring substituents is 1. The summed E-state index contributed by atoms with van der Waals surface area (Å²) in [7, 11) is 1.66. The molecule has 21 heavy (non-hydrogen) atoms. The summed E-state index contributed by atoms with van der Waals surface area (Å²) >= 11 is 0. The summed E-state index contributed by atoms with van der Waals surface area (Å²) in [5.74, 6) is -1.67.